The van der Waals surface area contributed by atoms with E-state index in [0.717, 1.165) is 32.5 Å². The SMILES string of the molecule is CCCN1CC2(CCN(C)CC2)C[C@H]1C(=O)NCC1=CCCCC1. The van der Waals surface area contributed by atoms with Crippen molar-refractivity contribution in [2.24, 2.45) is 5.41 Å². The van der Waals surface area contributed by atoms with Crippen LogP contribution >= 0.6 is 0 Å². The Balaban J connectivity index is 1.59. The Morgan fingerprint density at radius 3 is 2.79 bits per heavy atom. The third-order valence-corrected chi connectivity index (χ3v) is 6.34. The molecular formula is C20H35N3O. The molecule has 0 aromatic rings. The van der Waals surface area contributed by atoms with E-state index in [-0.39, 0.29) is 11.9 Å². The van der Waals surface area contributed by atoms with Gasteiger partial charge in [-0.25, -0.2) is 0 Å². The molecule has 0 radical (unpaired) electrons. The standard InChI is InChI=1S/C20H35N3O/c1-3-11-23-16-20(9-12-22(2)13-10-20)14-18(23)19(24)21-15-17-7-5-4-6-8-17/h7,18H,3-6,8-16H2,1-2H3,(H,21,24)/t18-/m0/s1. The number of hydrogen-bond donors (Lipinski definition) is 1. The van der Waals surface area contributed by atoms with Gasteiger partial charge in [-0.15, -0.1) is 0 Å². The molecule has 1 aliphatic carbocycles. The number of piperidine rings is 1. The van der Waals surface area contributed by atoms with Crippen molar-refractivity contribution in [3.05, 3.63) is 11.6 Å². The molecule has 1 atom stereocenters. The molecule has 0 aromatic heterocycles. The minimum absolute atomic E-state index is 0.0950. The van der Waals surface area contributed by atoms with E-state index in [2.05, 4.69) is 35.2 Å². The van der Waals surface area contributed by atoms with E-state index in [4.69, 9.17) is 0 Å². The number of carbonyl (C=O) groups excluding carboxylic acids is 1. The molecule has 2 saturated heterocycles. The molecular weight excluding hydrogens is 298 g/mol. The van der Waals surface area contributed by atoms with Gasteiger partial charge in [-0.1, -0.05) is 18.6 Å². The zero-order valence-electron chi connectivity index (χ0n) is 15.6. The maximum absolute atomic E-state index is 12.9. The van der Waals surface area contributed by atoms with E-state index in [1.807, 2.05) is 0 Å². The molecule has 1 spiro atoms. The first-order chi connectivity index (χ1) is 11.6. The molecule has 4 nitrogen and oxygen atoms in total. The van der Waals surface area contributed by atoms with Gasteiger partial charge in [0.05, 0.1) is 6.04 Å². The van der Waals surface area contributed by atoms with Gasteiger partial charge in [0.15, 0.2) is 0 Å². The molecule has 2 fully saturated rings. The number of hydrogen-bond acceptors (Lipinski definition) is 3. The van der Waals surface area contributed by atoms with Crippen molar-refractivity contribution in [1.82, 2.24) is 15.1 Å². The number of nitrogens with zero attached hydrogens (tertiary/aromatic N) is 2. The van der Waals surface area contributed by atoms with Crippen molar-refractivity contribution < 1.29 is 4.79 Å². The van der Waals surface area contributed by atoms with Crippen LogP contribution in [0.25, 0.3) is 0 Å². The molecule has 0 aromatic carbocycles. The van der Waals surface area contributed by atoms with Gasteiger partial charge in [-0.2, -0.15) is 0 Å². The molecule has 0 unspecified atom stereocenters. The number of likely N-dealkylation sites (tertiary alicyclic amines) is 2. The van der Waals surface area contributed by atoms with Crippen LogP contribution in [0.1, 0.15) is 58.3 Å². The molecule has 1 N–H and O–H groups in total. The summed E-state index contributed by atoms with van der Waals surface area (Å²) < 4.78 is 0. The summed E-state index contributed by atoms with van der Waals surface area (Å²) in [4.78, 5) is 17.8. The van der Waals surface area contributed by atoms with Crippen LogP contribution in [-0.4, -0.2) is 61.5 Å². The summed E-state index contributed by atoms with van der Waals surface area (Å²) in [6.45, 7) is 7.53. The Kier molecular flexibility index (Phi) is 5.98. The second-order valence-electron chi connectivity index (χ2n) is 8.32. The monoisotopic (exact) mass is 333 g/mol. The lowest BCUT2D eigenvalue weighted by Crippen LogP contribution is -2.44. The third-order valence-electron chi connectivity index (χ3n) is 6.34. The fourth-order valence-electron chi connectivity index (χ4n) is 4.76. The Morgan fingerprint density at radius 2 is 2.12 bits per heavy atom. The summed E-state index contributed by atoms with van der Waals surface area (Å²) in [5, 5.41) is 3.25. The van der Waals surface area contributed by atoms with E-state index in [0.29, 0.717) is 5.41 Å². The van der Waals surface area contributed by atoms with E-state index >= 15 is 0 Å². The molecule has 3 rings (SSSR count). The lowest BCUT2D eigenvalue weighted by Gasteiger charge is -2.37. The summed E-state index contributed by atoms with van der Waals surface area (Å²) in [6, 6.07) is 0.0950. The van der Waals surface area contributed by atoms with Crippen molar-refractivity contribution in [3.8, 4) is 0 Å². The largest absolute Gasteiger partial charge is 0.351 e. The highest BCUT2D eigenvalue weighted by molar-refractivity contribution is 5.82. The van der Waals surface area contributed by atoms with Crippen LogP contribution in [0, 0.1) is 5.41 Å². The lowest BCUT2D eigenvalue weighted by molar-refractivity contribution is -0.125. The maximum Gasteiger partial charge on any atom is 0.237 e. The Morgan fingerprint density at radius 1 is 1.33 bits per heavy atom. The van der Waals surface area contributed by atoms with Crippen LogP contribution in [0.3, 0.4) is 0 Å². The predicted octanol–water partition coefficient (Wildman–Crippen LogP) is 2.80. The molecule has 0 bridgehead atoms. The summed E-state index contributed by atoms with van der Waals surface area (Å²) >= 11 is 0. The fraction of sp³-hybridized carbons (Fsp3) is 0.850. The second kappa shape index (κ2) is 8.01. The van der Waals surface area contributed by atoms with E-state index in [1.165, 1.54) is 57.2 Å². The zero-order chi connectivity index (χ0) is 17.0. The second-order valence-corrected chi connectivity index (χ2v) is 8.32. The van der Waals surface area contributed by atoms with Crippen LogP contribution in [0.5, 0.6) is 0 Å². The molecule has 2 aliphatic heterocycles. The highest BCUT2D eigenvalue weighted by atomic mass is 16.2. The van der Waals surface area contributed by atoms with Crippen LogP contribution in [-0.2, 0) is 4.79 Å². The quantitative estimate of drug-likeness (QED) is 0.786. The molecule has 136 valence electrons. The number of amides is 1. The molecule has 24 heavy (non-hydrogen) atoms. The van der Waals surface area contributed by atoms with Gasteiger partial charge in [0, 0.05) is 13.1 Å². The van der Waals surface area contributed by atoms with Gasteiger partial charge < -0.3 is 10.2 Å². The van der Waals surface area contributed by atoms with Crippen LogP contribution in [0.2, 0.25) is 0 Å². The van der Waals surface area contributed by atoms with Gasteiger partial charge in [0.25, 0.3) is 0 Å². The number of carbonyl (C=O) groups is 1. The first-order valence-corrected chi connectivity index (χ1v) is 10.0. The normalized spacial score (nSPS) is 28.1. The first kappa shape index (κ1) is 17.9. The molecule has 0 saturated carbocycles. The summed E-state index contributed by atoms with van der Waals surface area (Å²) in [5.41, 5.74) is 1.82. The van der Waals surface area contributed by atoms with Gasteiger partial charge in [-0.05, 0) is 83.5 Å². The average Bonchev–Trinajstić information content (AvgIpc) is 2.95. The molecule has 1 amide bonds. The zero-order valence-corrected chi connectivity index (χ0v) is 15.6. The number of rotatable bonds is 5. The van der Waals surface area contributed by atoms with Crippen molar-refractivity contribution in [2.75, 3.05) is 39.8 Å². The summed E-state index contributed by atoms with van der Waals surface area (Å²) in [7, 11) is 2.22. The summed E-state index contributed by atoms with van der Waals surface area (Å²) in [5.74, 6) is 0.269. The van der Waals surface area contributed by atoms with Gasteiger partial charge in [-0.3, -0.25) is 9.69 Å². The van der Waals surface area contributed by atoms with E-state index in [9.17, 15) is 4.79 Å². The topological polar surface area (TPSA) is 35.6 Å². The number of nitrogens with one attached hydrogen (secondary N) is 1. The van der Waals surface area contributed by atoms with Crippen molar-refractivity contribution in [3.63, 3.8) is 0 Å². The van der Waals surface area contributed by atoms with E-state index < -0.39 is 0 Å². The minimum atomic E-state index is 0.0950. The van der Waals surface area contributed by atoms with Crippen LogP contribution < -0.4 is 5.32 Å². The molecule has 4 heteroatoms. The Bertz CT molecular complexity index is 466. The maximum atomic E-state index is 12.9. The molecule has 3 aliphatic rings. The van der Waals surface area contributed by atoms with Crippen LogP contribution in [0.4, 0.5) is 0 Å². The number of allylic oxidation sites excluding steroid dienone is 1. The first-order valence-electron chi connectivity index (χ1n) is 10.0. The highest BCUT2D eigenvalue weighted by Gasteiger charge is 2.47. The smallest absolute Gasteiger partial charge is 0.237 e. The Labute approximate surface area is 147 Å². The lowest BCUT2D eigenvalue weighted by atomic mass is 9.76. The minimum Gasteiger partial charge on any atom is -0.351 e. The van der Waals surface area contributed by atoms with Crippen LogP contribution in [0.15, 0.2) is 11.6 Å². The Hall–Kier alpha value is -0.870. The van der Waals surface area contributed by atoms with Gasteiger partial charge in [0.2, 0.25) is 5.91 Å². The van der Waals surface area contributed by atoms with Crippen molar-refractivity contribution >= 4 is 5.91 Å². The average molecular weight is 334 g/mol. The third kappa shape index (κ3) is 4.20. The van der Waals surface area contributed by atoms with E-state index in [1.54, 1.807) is 0 Å². The van der Waals surface area contributed by atoms with Crippen molar-refractivity contribution in [2.45, 2.75) is 64.3 Å². The highest BCUT2D eigenvalue weighted by Crippen LogP contribution is 2.43. The van der Waals surface area contributed by atoms with Crippen molar-refractivity contribution in [1.29, 1.82) is 0 Å². The predicted molar refractivity (Wildman–Crippen MR) is 99.0 cm³/mol. The van der Waals surface area contributed by atoms with Gasteiger partial charge >= 0.3 is 0 Å². The fourth-order valence-corrected chi connectivity index (χ4v) is 4.76. The molecule has 2 heterocycles. The van der Waals surface area contributed by atoms with Gasteiger partial charge in [0.1, 0.15) is 0 Å². The summed E-state index contributed by atoms with van der Waals surface area (Å²) in [6.07, 6.45) is 12.0.